The summed E-state index contributed by atoms with van der Waals surface area (Å²) in [7, 11) is 1.78. The third-order valence-corrected chi connectivity index (χ3v) is 5.37. The maximum atomic E-state index is 6.11. The van der Waals surface area contributed by atoms with Gasteiger partial charge < -0.3 is 24.8 Å². The molecule has 1 unspecified atom stereocenters. The highest BCUT2D eigenvalue weighted by molar-refractivity contribution is 5.79. The summed E-state index contributed by atoms with van der Waals surface area (Å²) in [6.45, 7) is 8.16. The lowest BCUT2D eigenvalue weighted by atomic mass is 10.1. The Bertz CT molecular complexity index is 848. The molecule has 1 heterocycles. The molecule has 2 aromatic rings. The largest absolute Gasteiger partial charge is 0.491 e. The van der Waals surface area contributed by atoms with Gasteiger partial charge in [0.25, 0.3) is 0 Å². The molecule has 2 aromatic carbocycles. The molecule has 1 fully saturated rings. The minimum Gasteiger partial charge on any atom is -0.491 e. The third-order valence-electron chi connectivity index (χ3n) is 5.37. The number of hydrogen-bond donors (Lipinski definition) is 2. The molecule has 1 atom stereocenters. The van der Waals surface area contributed by atoms with Crippen molar-refractivity contribution in [2.45, 2.75) is 52.5 Å². The average Bonchev–Trinajstić information content (AvgIpc) is 3.31. The first kappa shape index (κ1) is 23.1. The smallest absolute Gasteiger partial charge is 0.191 e. The van der Waals surface area contributed by atoms with Crippen LogP contribution in [0.3, 0.4) is 0 Å². The van der Waals surface area contributed by atoms with Crippen LogP contribution in [0.25, 0.3) is 0 Å². The van der Waals surface area contributed by atoms with Gasteiger partial charge in [0.15, 0.2) is 5.96 Å². The number of ether oxygens (including phenoxy) is 3. The van der Waals surface area contributed by atoms with E-state index in [-0.39, 0.29) is 6.10 Å². The first-order valence-electron chi connectivity index (χ1n) is 11.1. The quantitative estimate of drug-likeness (QED) is 0.446. The van der Waals surface area contributed by atoms with Crippen molar-refractivity contribution in [1.29, 1.82) is 0 Å². The van der Waals surface area contributed by atoms with E-state index in [9.17, 15) is 0 Å². The number of rotatable bonds is 10. The van der Waals surface area contributed by atoms with Crippen LogP contribution in [0.1, 0.15) is 42.0 Å². The lowest BCUT2D eigenvalue weighted by Crippen LogP contribution is -2.36. The summed E-state index contributed by atoms with van der Waals surface area (Å²) < 4.78 is 17.4. The van der Waals surface area contributed by atoms with E-state index in [2.05, 4.69) is 52.9 Å². The molecule has 2 N–H and O–H groups in total. The molecule has 3 rings (SSSR count). The summed E-state index contributed by atoms with van der Waals surface area (Å²) >= 11 is 0. The molecule has 1 aliphatic heterocycles. The SMILES string of the molecule is CCOCc1ccccc1CNC(=NC)NCc1ccc(C)cc1OCC1CCCO1. The summed E-state index contributed by atoms with van der Waals surface area (Å²) in [4.78, 5) is 4.37. The second-order valence-electron chi connectivity index (χ2n) is 7.74. The zero-order chi connectivity index (χ0) is 21.9. The van der Waals surface area contributed by atoms with Crippen LogP contribution in [0.15, 0.2) is 47.5 Å². The standard InChI is InChI=1S/C25H35N3O3/c1-4-29-17-22-9-6-5-8-20(22)15-27-25(26-3)28-16-21-12-11-19(2)14-24(21)31-18-23-10-7-13-30-23/h5-6,8-9,11-12,14,23H,4,7,10,13,15-18H2,1-3H3,(H2,26,27,28). The Morgan fingerprint density at radius 1 is 1.10 bits per heavy atom. The molecule has 168 valence electrons. The van der Waals surface area contributed by atoms with Crippen LogP contribution in [-0.2, 0) is 29.2 Å². The molecular weight excluding hydrogens is 390 g/mol. The van der Waals surface area contributed by atoms with Gasteiger partial charge in [0.05, 0.1) is 12.7 Å². The third kappa shape index (κ3) is 7.26. The molecule has 31 heavy (non-hydrogen) atoms. The fraction of sp³-hybridized carbons (Fsp3) is 0.480. The van der Waals surface area contributed by atoms with Crippen LogP contribution in [0.4, 0.5) is 0 Å². The van der Waals surface area contributed by atoms with Gasteiger partial charge in [0.2, 0.25) is 0 Å². The molecule has 0 amide bonds. The number of nitrogens with zero attached hydrogens (tertiary/aromatic N) is 1. The number of hydrogen-bond acceptors (Lipinski definition) is 4. The maximum absolute atomic E-state index is 6.11. The van der Waals surface area contributed by atoms with Gasteiger partial charge in [0.1, 0.15) is 12.4 Å². The van der Waals surface area contributed by atoms with Crippen molar-refractivity contribution in [2.24, 2.45) is 4.99 Å². The van der Waals surface area contributed by atoms with Crippen molar-refractivity contribution in [2.75, 3.05) is 26.9 Å². The topological polar surface area (TPSA) is 64.1 Å². The Morgan fingerprint density at radius 2 is 1.87 bits per heavy atom. The lowest BCUT2D eigenvalue weighted by Gasteiger charge is -2.17. The number of aliphatic imine (C=N–C) groups is 1. The van der Waals surface area contributed by atoms with Gasteiger partial charge >= 0.3 is 0 Å². The molecule has 0 saturated carbocycles. The Hall–Kier alpha value is -2.57. The van der Waals surface area contributed by atoms with E-state index in [0.29, 0.717) is 32.9 Å². The van der Waals surface area contributed by atoms with E-state index in [1.165, 1.54) is 16.7 Å². The van der Waals surface area contributed by atoms with Crippen LogP contribution < -0.4 is 15.4 Å². The normalized spacial score (nSPS) is 16.4. The van der Waals surface area contributed by atoms with Crippen molar-refractivity contribution >= 4 is 5.96 Å². The van der Waals surface area contributed by atoms with E-state index in [1.54, 1.807) is 7.05 Å². The summed E-state index contributed by atoms with van der Waals surface area (Å²) in [5.74, 6) is 1.65. The first-order chi connectivity index (χ1) is 15.2. The van der Waals surface area contributed by atoms with Gasteiger partial charge in [-0.3, -0.25) is 4.99 Å². The molecular formula is C25H35N3O3. The average molecular weight is 426 g/mol. The van der Waals surface area contributed by atoms with Crippen molar-refractivity contribution in [3.05, 3.63) is 64.7 Å². The van der Waals surface area contributed by atoms with Gasteiger partial charge in [-0.15, -0.1) is 0 Å². The Kier molecular flexibility index (Phi) is 9.18. The minimum absolute atomic E-state index is 0.201. The molecule has 1 saturated heterocycles. The molecule has 0 radical (unpaired) electrons. The fourth-order valence-electron chi connectivity index (χ4n) is 3.56. The summed E-state index contributed by atoms with van der Waals surface area (Å²) in [5, 5.41) is 6.81. The van der Waals surface area contributed by atoms with E-state index >= 15 is 0 Å². The van der Waals surface area contributed by atoms with Crippen LogP contribution in [-0.4, -0.2) is 38.9 Å². The molecule has 0 spiro atoms. The van der Waals surface area contributed by atoms with Crippen LogP contribution in [0.2, 0.25) is 0 Å². The Morgan fingerprint density at radius 3 is 2.58 bits per heavy atom. The summed E-state index contributed by atoms with van der Waals surface area (Å²) in [6.07, 6.45) is 2.39. The van der Waals surface area contributed by atoms with Gasteiger partial charge in [-0.2, -0.15) is 0 Å². The maximum Gasteiger partial charge on any atom is 0.191 e. The Balaban J connectivity index is 1.56. The van der Waals surface area contributed by atoms with Crippen LogP contribution in [0.5, 0.6) is 5.75 Å². The monoisotopic (exact) mass is 425 g/mol. The van der Waals surface area contributed by atoms with Crippen LogP contribution >= 0.6 is 0 Å². The number of aryl methyl sites for hydroxylation is 1. The van der Waals surface area contributed by atoms with Gasteiger partial charge in [0, 0.05) is 38.9 Å². The molecule has 6 nitrogen and oxygen atoms in total. The summed E-state index contributed by atoms with van der Waals surface area (Å²) in [6, 6.07) is 14.6. The molecule has 1 aliphatic rings. The van der Waals surface area contributed by atoms with Crippen molar-refractivity contribution in [3.63, 3.8) is 0 Å². The zero-order valence-corrected chi connectivity index (χ0v) is 18.9. The van der Waals surface area contributed by atoms with Crippen molar-refractivity contribution < 1.29 is 14.2 Å². The lowest BCUT2D eigenvalue weighted by molar-refractivity contribution is 0.0676. The van der Waals surface area contributed by atoms with E-state index in [4.69, 9.17) is 14.2 Å². The van der Waals surface area contributed by atoms with Crippen LogP contribution in [0, 0.1) is 6.92 Å². The number of guanidine groups is 1. The number of nitrogens with one attached hydrogen (secondary N) is 2. The highest BCUT2D eigenvalue weighted by Crippen LogP contribution is 2.22. The predicted octanol–water partition coefficient (Wildman–Crippen LogP) is 3.95. The van der Waals surface area contributed by atoms with Gasteiger partial charge in [-0.05, 0) is 49.4 Å². The van der Waals surface area contributed by atoms with E-state index in [1.807, 2.05) is 19.1 Å². The zero-order valence-electron chi connectivity index (χ0n) is 18.9. The first-order valence-corrected chi connectivity index (χ1v) is 11.1. The minimum atomic E-state index is 0.201. The van der Waals surface area contributed by atoms with Gasteiger partial charge in [-0.25, -0.2) is 0 Å². The fourth-order valence-corrected chi connectivity index (χ4v) is 3.56. The second-order valence-corrected chi connectivity index (χ2v) is 7.74. The summed E-state index contributed by atoms with van der Waals surface area (Å²) in [5.41, 5.74) is 4.67. The van der Waals surface area contributed by atoms with Crippen molar-refractivity contribution in [3.8, 4) is 5.75 Å². The van der Waals surface area contributed by atoms with E-state index < -0.39 is 0 Å². The highest BCUT2D eigenvalue weighted by Gasteiger charge is 2.17. The molecule has 0 aliphatic carbocycles. The van der Waals surface area contributed by atoms with Gasteiger partial charge in [-0.1, -0.05) is 36.4 Å². The molecule has 0 bridgehead atoms. The Labute approximate surface area is 186 Å². The number of benzene rings is 2. The highest BCUT2D eigenvalue weighted by atomic mass is 16.5. The molecule has 6 heteroatoms. The van der Waals surface area contributed by atoms with E-state index in [0.717, 1.165) is 36.7 Å². The predicted molar refractivity (Wildman–Crippen MR) is 124 cm³/mol. The van der Waals surface area contributed by atoms with Crippen molar-refractivity contribution in [1.82, 2.24) is 10.6 Å². The molecule has 0 aromatic heterocycles. The second kappa shape index (κ2) is 12.3.